The van der Waals surface area contributed by atoms with Crippen LogP contribution >= 0.6 is 0 Å². The first-order valence-corrected chi connectivity index (χ1v) is 19.1. The van der Waals surface area contributed by atoms with Gasteiger partial charge in [0.25, 0.3) is 0 Å². The lowest BCUT2D eigenvalue weighted by atomic mass is 9.90. The van der Waals surface area contributed by atoms with Crippen LogP contribution < -0.4 is 14.8 Å². The van der Waals surface area contributed by atoms with E-state index in [1.807, 2.05) is 97.1 Å². The highest BCUT2D eigenvalue weighted by molar-refractivity contribution is 5.79. The van der Waals surface area contributed by atoms with Gasteiger partial charge in [0.1, 0.15) is 24.7 Å². The van der Waals surface area contributed by atoms with Crippen LogP contribution in [0.4, 0.5) is 4.79 Å². The van der Waals surface area contributed by atoms with Gasteiger partial charge in [-0.15, -0.1) is 0 Å². The normalized spacial score (nSPS) is 17.2. The second kappa shape index (κ2) is 19.3. The highest BCUT2D eigenvalue weighted by atomic mass is 16.6. The standard InChI is InChI=1S/C23H27NO5.C22H27NO3/c1-23(2,21(25)28-16-17-8-4-3-5-9-17)29-20-12-6-10-18(14-20)19-11-7-13-24(15-19)22(26)27;1-22(2,21(24)25-16-17-8-4-3-5-9-17)26-20-12-6-10-18(14-20)19-11-7-13-23-15-19/h3-6,8-10,12,14,19H,7,11,13,15-16H2,1-2H3,(H,26,27);3-6,8-10,12,14,19,23H,7,11,13,15-16H2,1-2H3. The molecule has 0 bridgehead atoms. The molecule has 4 aromatic rings. The van der Waals surface area contributed by atoms with Gasteiger partial charge in [-0.25, -0.2) is 14.4 Å². The van der Waals surface area contributed by atoms with Crippen LogP contribution in [0.1, 0.15) is 87.5 Å². The number of nitrogens with one attached hydrogen (secondary N) is 1. The van der Waals surface area contributed by atoms with Crippen LogP contribution in [-0.4, -0.2) is 65.4 Å². The fraction of sp³-hybridized carbons (Fsp3) is 0.400. The number of carboxylic acid groups (broad SMARTS) is 1. The van der Waals surface area contributed by atoms with Crippen molar-refractivity contribution in [1.29, 1.82) is 0 Å². The number of hydrogen-bond donors (Lipinski definition) is 2. The van der Waals surface area contributed by atoms with Crippen molar-refractivity contribution in [3.8, 4) is 11.5 Å². The first-order valence-electron chi connectivity index (χ1n) is 19.1. The molecule has 2 aliphatic heterocycles. The maximum absolute atomic E-state index is 12.5. The number of amides is 1. The predicted molar refractivity (Wildman–Crippen MR) is 211 cm³/mol. The smallest absolute Gasteiger partial charge is 0.407 e. The molecule has 2 fully saturated rings. The maximum Gasteiger partial charge on any atom is 0.407 e. The Morgan fingerprint density at radius 2 is 1.16 bits per heavy atom. The summed E-state index contributed by atoms with van der Waals surface area (Å²) in [6, 6.07) is 34.8. The number of nitrogens with zero attached hydrogens (tertiary/aromatic N) is 1. The van der Waals surface area contributed by atoms with Gasteiger partial charge in [-0.1, -0.05) is 84.9 Å². The maximum atomic E-state index is 12.5. The molecule has 6 rings (SSSR count). The van der Waals surface area contributed by atoms with Crippen molar-refractivity contribution >= 4 is 18.0 Å². The summed E-state index contributed by atoms with van der Waals surface area (Å²) in [5.74, 6) is 1.08. The number of likely N-dealkylation sites (tertiary alicyclic amines) is 1. The third-order valence-electron chi connectivity index (χ3n) is 9.80. The minimum Gasteiger partial charge on any atom is -0.476 e. The van der Waals surface area contributed by atoms with E-state index in [-0.39, 0.29) is 25.1 Å². The molecule has 10 nitrogen and oxygen atoms in total. The molecular formula is C45H54N2O8. The summed E-state index contributed by atoms with van der Waals surface area (Å²) in [6.45, 7) is 10.4. The number of carbonyl (C=O) groups is 3. The van der Waals surface area contributed by atoms with Crippen molar-refractivity contribution in [1.82, 2.24) is 10.2 Å². The van der Waals surface area contributed by atoms with Gasteiger partial charge in [-0.05, 0) is 112 Å². The van der Waals surface area contributed by atoms with E-state index >= 15 is 0 Å². The van der Waals surface area contributed by atoms with Crippen LogP contribution in [0.5, 0.6) is 11.5 Å². The summed E-state index contributed by atoms with van der Waals surface area (Å²) in [5.41, 5.74) is 1.96. The first kappa shape index (κ1) is 40.8. The fourth-order valence-corrected chi connectivity index (χ4v) is 6.69. The second-order valence-corrected chi connectivity index (χ2v) is 15.1. The summed E-state index contributed by atoms with van der Waals surface area (Å²) in [4.78, 5) is 37.7. The van der Waals surface area contributed by atoms with E-state index in [9.17, 15) is 19.5 Å². The zero-order chi connectivity index (χ0) is 39.3. The first-order chi connectivity index (χ1) is 26.4. The fourth-order valence-electron chi connectivity index (χ4n) is 6.69. The Kier molecular flexibility index (Phi) is 14.3. The largest absolute Gasteiger partial charge is 0.476 e. The summed E-state index contributed by atoms with van der Waals surface area (Å²) in [7, 11) is 0. The predicted octanol–water partition coefficient (Wildman–Crippen LogP) is 8.50. The zero-order valence-corrected chi connectivity index (χ0v) is 32.4. The Hall–Kier alpha value is -5.35. The highest BCUT2D eigenvalue weighted by Crippen LogP contribution is 2.31. The Labute approximate surface area is 324 Å². The van der Waals surface area contributed by atoms with Gasteiger partial charge in [0.15, 0.2) is 11.2 Å². The summed E-state index contributed by atoms with van der Waals surface area (Å²) in [5, 5.41) is 12.7. The molecule has 2 N–H and O–H groups in total. The van der Waals surface area contributed by atoms with Crippen molar-refractivity contribution in [2.45, 2.75) is 89.6 Å². The quantitative estimate of drug-likeness (QED) is 0.137. The third kappa shape index (κ3) is 12.3. The molecular weight excluding hydrogens is 697 g/mol. The van der Waals surface area contributed by atoms with E-state index in [0.717, 1.165) is 42.6 Å². The Morgan fingerprint density at radius 1 is 0.673 bits per heavy atom. The molecule has 0 aliphatic carbocycles. The minimum atomic E-state index is -1.15. The van der Waals surface area contributed by atoms with E-state index in [0.29, 0.717) is 30.5 Å². The van der Waals surface area contributed by atoms with Gasteiger partial charge in [-0.3, -0.25) is 0 Å². The molecule has 292 valence electrons. The van der Waals surface area contributed by atoms with Crippen molar-refractivity contribution < 1.29 is 38.4 Å². The van der Waals surface area contributed by atoms with Crippen LogP contribution in [0.3, 0.4) is 0 Å². The zero-order valence-electron chi connectivity index (χ0n) is 32.4. The lowest BCUT2D eigenvalue weighted by Gasteiger charge is -2.31. The molecule has 2 unspecified atom stereocenters. The Balaban J connectivity index is 0.000000212. The van der Waals surface area contributed by atoms with Crippen LogP contribution in [0, 0.1) is 0 Å². The van der Waals surface area contributed by atoms with E-state index in [4.69, 9.17) is 18.9 Å². The molecule has 0 saturated carbocycles. The molecule has 2 aliphatic rings. The van der Waals surface area contributed by atoms with E-state index in [2.05, 4.69) is 11.4 Å². The summed E-state index contributed by atoms with van der Waals surface area (Å²) in [6.07, 6.45) is 3.24. The topological polar surface area (TPSA) is 124 Å². The van der Waals surface area contributed by atoms with Crippen molar-refractivity contribution in [2.24, 2.45) is 0 Å². The van der Waals surface area contributed by atoms with Gasteiger partial charge in [0.05, 0.1) is 0 Å². The van der Waals surface area contributed by atoms with Crippen LogP contribution in [0.15, 0.2) is 109 Å². The Morgan fingerprint density at radius 3 is 1.64 bits per heavy atom. The minimum absolute atomic E-state index is 0.122. The molecule has 2 heterocycles. The number of carbonyl (C=O) groups excluding carboxylic acids is 2. The number of rotatable bonds is 12. The molecule has 10 heteroatoms. The molecule has 0 radical (unpaired) electrons. The molecule has 0 spiro atoms. The molecule has 2 atom stereocenters. The van der Waals surface area contributed by atoms with Crippen LogP contribution in [0.2, 0.25) is 0 Å². The number of hydrogen-bond acceptors (Lipinski definition) is 8. The SMILES string of the molecule is CC(C)(Oc1cccc(C2CCCN(C(=O)O)C2)c1)C(=O)OCc1ccccc1.CC(C)(Oc1cccc(C2CCCNC2)c1)C(=O)OCc1ccccc1. The van der Waals surface area contributed by atoms with Crippen molar-refractivity contribution in [3.05, 3.63) is 131 Å². The Bertz CT molecular complexity index is 1840. The summed E-state index contributed by atoms with van der Waals surface area (Å²) >= 11 is 0. The van der Waals surface area contributed by atoms with Gasteiger partial charge in [0, 0.05) is 25.6 Å². The number of ether oxygens (including phenoxy) is 4. The van der Waals surface area contributed by atoms with Crippen molar-refractivity contribution in [2.75, 3.05) is 26.2 Å². The van der Waals surface area contributed by atoms with Crippen LogP contribution in [-0.2, 0) is 32.3 Å². The monoisotopic (exact) mass is 750 g/mol. The van der Waals surface area contributed by atoms with E-state index < -0.39 is 23.3 Å². The highest BCUT2D eigenvalue weighted by Gasteiger charge is 2.33. The lowest BCUT2D eigenvalue weighted by molar-refractivity contribution is -0.161. The lowest BCUT2D eigenvalue weighted by Crippen LogP contribution is -2.40. The number of esters is 2. The van der Waals surface area contributed by atoms with Gasteiger partial charge in [0.2, 0.25) is 0 Å². The third-order valence-corrected chi connectivity index (χ3v) is 9.80. The molecule has 0 aromatic heterocycles. The van der Waals surface area contributed by atoms with Gasteiger partial charge >= 0.3 is 18.0 Å². The second-order valence-electron chi connectivity index (χ2n) is 15.1. The number of benzene rings is 4. The molecule has 1 amide bonds. The average Bonchev–Trinajstić information content (AvgIpc) is 3.20. The van der Waals surface area contributed by atoms with Crippen LogP contribution in [0.25, 0.3) is 0 Å². The summed E-state index contributed by atoms with van der Waals surface area (Å²) < 4.78 is 22.8. The van der Waals surface area contributed by atoms with Crippen molar-refractivity contribution in [3.63, 3.8) is 0 Å². The molecule has 4 aromatic carbocycles. The van der Waals surface area contributed by atoms with E-state index in [1.54, 1.807) is 33.8 Å². The average molecular weight is 751 g/mol. The van der Waals surface area contributed by atoms with Gasteiger partial charge < -0.3 is 34.3 Å². The van der Waals surface area contributed by atoms with Gasteiger partial charge in [-0.2, -0.15) is 0 Å². The molecule has 2 saturated heterocycles. The number of piperidine rings is 2. The van der Waals surface area contributed by atoms with E-state index in [1.165, 1.54) is 23.3 Å². The molecule has 55 heavy (non-hydrogen) atoms.